The van der Waals surface area contributed by atoms with Crippen molar-refractivity contribution in [3.63, 3.8) is 0 Å². The lowest BCUT2D eigenvalue weighted by Crippen LogP contribution is -2.25. The minimum absolute atomic E-state index is 0.323. The average molecular weight is 252 g/mol. The van der Waals surface area contributed by atoms with E-state index in [1.165, 1.54) is 0 Å². The van der Waals surface area contributed by atoms with Crippen molar-refractivity contribution >= 4 is 0 Å². The van der Waals surface area contributed by atoms with Gasteiger partial charge in [0.2, 0.25) is 0 Å². The van der Waals surface area contributed by atoms with Gasteiger partial charge in [0.05, 0.1) is 18.3 Å². The van der Waals surface area contributed by atoms with Crippen molar-refractivity contribution in [2.75, 3.05) is 13.7 Å². The molecule has 18 heavy (non-hydrogen) atoms. The molecule has 0 spiro atoms. The molecule has 0 saturated heterocycles. The lowest BCUT2D eigenvalue weighted by molar-refractivity contribution is -0.0201. The van der Waals surface area contributed by atoms with Gasteiger partial charge in [-0.25, -0.2) is 0 Å². The summed E-state index contributed by atoms with van der Waals surface area (Å²) in [4.78, 5) is 0. The first-order valence-corrected chi connectivity index (χ1v) is 6.44. The Morgan fingerprint density at radius 3 is 2.33 bits per heavy atom. The molecule has 0 fully saturated rings. The number of rotatable bonds is 7. The Balaban J connectivity index is 2.61. The molecule has 0 saturated carbocycles. The van der Waals surface area contributed by atoms with Crippen LogP contribution < -0.4 is 4.74 Å². The highest BCUT2D eigenvalue weighted by Crippen LogP contribution is 2.27. The molecule has 0 aliphatic carbocycles. The maximum Gasteiger partial charge on any atom is 0.119 e. The third kappa shape index (κ3) is 4.67. The van der Waals surface area contributed by atoms with Gasteiger partial charge in [-0.2, -0.15) is 0 Å². The molecule has 0 heterocycles. The fourth-order valence-corrected chi connectivity index (χ4v) is 1.67. The molecule has 102 valence electrons. The number of methoxy groups -OCH3 is 1. The number of aliphatic hydroxyl groups is 1. The van der Waals surface area contributed by atoms with Crippen LogP contribution in [-0.4, -0.2) is 24.4 Å². The van der Waals surface area contributed by atoms with Gasteiger partial charge in [-0.1, -0.05) is 19.1 Å². The SMILES string of the molecule is CCCOc1ccc(C(O)CC(C)(C)OC)cc1. The van der Waals surface area contributed by atoms with Crippen LogP contribution in [0.4, 0.5) is 0 Å². The van der Waals surface area contributed by atoms with E-state index in [1.54, 1.807) is 7.11 Å². The van der Waals surface area contributed by atoms with Crippen LogP contribution >= 0.6 is 0 Å². The van der Waals surface area contributed by atoms with Crippen molar-refractivity contribution in [2.24, 2.45) is 0 Å². The molecule has 1 aromatic rings. The summed E-state index contributed by atoms with van der Waals surface area (Å²) < 4.78 is 10.8. The molecular formula is C15H24O3. The molecule has 0 aliphatic heterocycles. The van der Waals surface area contributed by atoms with Crippen molar-refractivity contribution in [1.29, 1.82) is 0 Å². The lowest BCUT2D eigenvalue weighted by Gasteiger charge is -2.26. The predicted molar refractivity (Wildman–Crippen MR) is 72.9 cm³/mol. The zero-order valence-corrected chi connectivity index (χ0v) is 11.8. The molecule has 1 atom stereocenters. The predicted octanol–water partition coefficient (Wildman–Crippen LogP) is 3.32. The molecule has 3 nitrogen and oxygen atoms in total. The lowest BCUT2D eigenvalue weighted by atomic mass is 9.96. The van der Waals surface area contributed by atoms with Crippen LogP contribution in [-0.2, 0) is 4.74 Å². The van der Waals surface area contributed by atoms with Gasteiger partial charge < -0.3 is 14.6 Å². The monoisotopic (exact) mass is 252 g/mol. The van der Waals surface area contributed by atoms with E-state index in [1.807, 2.05) is 38.1 Å². The van der Waals surface area contributed by atoms with E-state index in [-0.39, 0.29) is 5.60 Å². The summed E-state index contributed by atoms with van der Waals surface area (Å²) in [6, 6.07) is 7.60. The fourth-order valence-electron chi connectivity index (χ4n) is 1.67. The van der Waals surface area contributed by atoms with Crippen molar-refractivity contribution in [3.8, 4) is 5.75 Å². The molecule has 1 unspecified atom stereocenters. The second kappa shape index (κ2) is 6.76. The molecule has 1 N–H and O–H groups in total. The summed E-state index contributed by atoms with van der Waals surface area (Å²) in [5.74, 6) is 0.846. The minimum atomic E-state index is -0.514. The molecule has 0 aromatic heterocycles. The number of hydrogen-bond donors (Lipinski definition) is 1. The van der Waals surface area contributed by atoms with Gasteiger partial charge in [0.25, 0.3) is 0 Å². The minimum Gasteiger partial charge on any atom is -0.494 e. The second-order valence-electron chi connectivity index (χ2n) is 5.10. The van der Waals surface area contributed by atoms with Gasteiger partial charge in [0.15, 0.2) is 0 Å². The molecule has 0 bridgehead atoms. The van der Waals surface area contributed by atoms with Crippen LogP contribution in [0.1, 0.15) is 45.3 Å². The summed E-state index contributed by atoms with van der Waals surface area (Å²) in [5, 5.41) is 10.1. The van der Waals surface area contributed by atoms with Crippen LogP contribution in [0.3, 0.4) is 0 Å². The Morgan fingerprint density at radius 2 is 1.83 bits per heavy atom. The zero-order chi connectivity index (χ0) is 13.6. The summed E-state index contributed by atoms with van der Waals surface area (Å²) in [6.45, 7) is 6.73. The first-order valence-electron chi connectivity index (χ1n) is 6.44. The quantitative estimate of drug-likeness (QED) is 0.809. The number of aliphatic hydroxyl groups excluding tert-OH is 1. The molecule has 0 amide bonds. The van der Waals surface area contributed by atoms with Gasteiger partial charge in [-0.15, -0.1) is 0 Å². The maximum absolute atomic E-state index is 10.1. The Bertz CT molecular complexity index is 343. The highest BCUT2D eigenvalue weighted by molar-refractivity contribution is 5.28. The van der Waals surface area contributed by atoms with Crippen molar-refractivity contribution in [3.05, 3.63) is 29.8 Å². The van der Waals surface area contributed by atoms with E-state index in [0.717, 1.165) is 24.3 Å². The van der Waals surface area contributed by atoms with E-state index in [9.17, 15) is 5.11 Å². The number of benzene rings is 1. The largest absolute Gasteiger partial charge is 0.494 e. The van der Waals surface area contributed by atoms with Gasteiger partial charge in [0.1, 0.15) is 5.75 Å². The van der Waals surface area contributed by atoms with Crippen LogP contribution in [0, 0.1) is 0 Å². The Hall–Kier alpha value is -1.06. The maximum atomic E-state index is 10.1. The van der Waals surface area contributed by atoms with Crippen molar-refractivity contribution in [2.45, 2.75) is 45.3 Å². The van der Waals surface area contributed by atoms with Crippen LogP contribution in [0.25, 0.3) is 0 Å². The average Bonchev–Trinajstić information content (AvgIpc) is 2.36. The Labute approximate surface area is 110 Å². The first-order chi connectivity index (χ1) is 8.48. The molecule has 1 aromatic carbocycles. The van der Waals surface area contributed by atoms with E-state index in [0.29, 0.717) is 6.42 Å². The van der Waals surface area contributed by atoms with Crippen molar-refractivity contribution < 1.29 is 14.6 Å². The number of hydrogen-bond acceptors (Lipinski definition) is 3. The van der Waals surface area contributed by atoms with Crippen LogP contribution in [0.5, 0.6) is 5.75 Å². The van der Waals surface area contributed by atoms with Gasteiger partial charge in [-0.05, 0) is 38.0 Å². The van der Waals surface area contributed by atoms with Crippen molar-refractivity contribution in [1.82, 2.24) is 0 Å². The normalized spacial score (nSPS) is 13.4. The Kier molecular flexibility index (Phi) is 5.63. The standard InChI is InChI=1S/C15H24O3/c1-5-10-18-13-8-6-12(7-9-13)14(16)11-15(2,3)17-4/h6-9,14,16H,5,10-11H2,1-4H3. The smallest absolute Gasteiger partial charge is 0.119 e. The highest BCUT2D eigenvalue weighted by atomic mass is 16.5. The van der Waals surface area contributed by atoms with E-state index in [4.69, 9.17) is 9.47 Å². The van der Waals surface area contributed by atoms with E-state index >= 15 is 0 Å². The molecule has 0 radical (unpaired) electrons. The van der Waals surface area contributed by atoms with Crippen LogP contribution in [0.15, 0.2) is 24.3 Å². The van der Waals surface area contributed by atoms with E-state index in [2.05, 4.69) is 6.92 Å². The van der Waals surface area contributed by atoms with Gasteiger partial charge in [-0.3, -0.25) is 0 Å². The molecular weight excluding hydrogens is 228 g/mol. The zero-order valence-electron chi connectivity index (χ0n) is 11.8. The summed E-state index contributed by atoms with van der Waals surface area (Å²) in [6.07, 6.45) is 1.05. The third-order valence-electron chi connectivity index (χ3n) is 2.98. The topological polar surface area (TPSA) is 38.7 Å². The second-order valence-corrected chi connectivity index (χ2v) is 5.10. The fraction of sp³-hybridized carbons (Fsp3) is 0.600. The van der Waals surface area contributed by atoms with Gasteiger partial charge >= 0.3 is 0 Å². The molecule has 1 rings (SSSR count). The highest BCUT2D eigenvalue weighted by Gasteiger charge is 2.22. The molecule has 0 aliphatic rings. The van der Waals surface area contributed by atoms with Gasteiger partial charge in [0, 0.05) is 13.5 Å². The summed E-state index contributed by atoms with van der Waals surface area (Å²) >= 11 is 0. The third-order valence-corrected chi connectivity index (χ3v) is 2.98. The number of ether oxygens (including phenoxy) is 2. The Morgan fingerprint density at radius 1 is 1.22 bits per heavy atom. The molecule has 3 heteroatoms. The van der Waals surface area contributed by atoms with E-state index < -0.39 is 6.10 Å². The summed E-state index contributed by atoms with van der Waals surface area (Å²) in [5.41, 5.74) is 0.570. The summed E-state index contributed by atoms with van der Waals surface area (Å²) in [7, 11) is 1.66. The first kappa shape index (κ1) is 15.0. The van der Waals surface area contributed by atoms with Crippen LogP contribution in [0.2, 0.25) is 0 Å².